The van der Waals surface area contributed by atoms with E-state index in [1.807, 2.05) is 18.3 Å². The van der Waals surface area contributed by atoms with Gasteiger partial charge in [-0.25, -0.2) is 15.0 Å². The van der Waals surface area contributed by atoms with E-state index in [1.165, 1.54) is 86.9 Å². The minimum atomic E-state index is 0.962. The highest BCUT2D eigenvalue weighted by atomic mass is 14.7. The summed E-state index contributed by atoms with van der Waals surface area (Å²) in [6.07, 6.45) is 1.84. The molecule has 0 atom stereocenters. The Labute approximate surface area is 578 Å². The molecule has 464 valence electrons. The summed E-state index contributed by atoms with van der Waals surface area (Å²) in [5.74, 6) is 0. The van der Waals surface area contributed by atoms with E-state index in [1.54, 1.807) is 0 Å². The lowest BCUT2D eigenvalue weighted by Gasteiger charge is -2.17. The van der Waals surface area contributed by atoms with E-state index in [2.05, 4.69) is 351 Å². The Morgan fingerprint density at radius 1 is 0.170 bits per heavy atom. The van der Waals surface area contributed by atoms with Crippen molar-refractivity contribution in [2.75, 3.05) is 0 Å². The predicted molar refractivity (Wildman–Crippen MR) is 423 cm³/mol. The van der Waals surface area contributed by atoms with Crippen LogP contribution in [-0.4, -0.2) is 19.9 Å². The van der Waals surface area contributed by atoms with Crippen molar-refractivity contribution in [3.05, 3.63) is 364 Å². The zero-order valence-electron chi connectivity index (χ0n) is 54.4. The number of aromatic nitrogens is 4. The summed E-state index contributed by atoms with van der Waals surface area (Å²) in [4.78, 5) is 20.8. The van der Waals surface area contributed by atoms with Gasteiger partial charge in [-0.3, -0.25) is 4.98 Å². The SMILES string of the molecule is c1ccc(-c2ccc(-c3cc(-c4cccc5ccccc45)nc4c3cc(-c3cccc5ccccc35)c3ccccc34)cc2)nc1.c1ccc2c(-c3cc(-c4ccc(-c5nc6ccccc6c6ccccc56)cc4)c4cc(-c5cccc6ccccc56)c5ccccc5c4n3)cccc2c1. The lowest BCUT2D eigenvalue weighted by atomic mass is 9.89. The molecule has 0 bridgehead atoms. The average Bonchev–Trinajstić information content (AvgIpc) is 0.740. The monoisotopic (exact) mass is 1270 g/mol. The van der Waals surface area contributed by atoms with E-state index in [-0.39, 0.29) is 0 Å². The molecule has 0 saturated carbocycles. The number of nitrogens with zero attached hydrogens (tertiary/aromatic N) is 4. The number of hydrogen-bond donors (Lipinski definition) is 0. The predicted octanol–water partition coefficient (Wildman–Crippen LogP) is 25.8. The highest BCUT2D eigenvalue weighted by Gasteiger charge is 2.22. The van der Waals surface area contributed by atoms with Crippen molar-refractivity contribution in [3.63, 3.8) is 0 Å². The van der Waals surface area contributed by atoms with Crippen LogP contribution in [0.25, 0.3) is 198 Å². The molecule has 20 aromatic rings. The second kappa shape index (κ2) is 24.4. The van der Waals surface area contributed by atoms with Gasteiger partial charge in [0.1, 0.15) is 0 Å². The van der Waals surface area contributed by atoms with Gasteiger partial charge in [-0.15, -0.1) is 0 Å². The van der Waals surface area contributed by atoms with E-state index < -0.39 is 0 Å². The molecule has 20 rings (SSSR count). The van der Waals surface area contributed by atoms with Gasteiger partial charge in [-0.1, -0.05) is 315 Å². The fourth-order valence-corrected chi connectivity index (χ4v) is 15.4. The first-order valence-corrected chi connectivity index (χ1v) is 34.2. The van der Waals surface area contributed by atoms with Gasteiger partial charge in [-0.05, 0) is 146 Å². The van der Waals surface area contributed by atoms with Gasteiger partial charge in [0.25, 0.3) is 0 Å². The molecule has 0 N–H and O–H groups in total. The fraction of sp³-hybridized carbons (Fsp3) is 0. The molecule has 0 aliphatic rings. The topological polar surface area (TPSA) is 51.6 Å². The van der Waals surface area contributed by atoms with Gasteiger partial charge < -0.3 is 0 Å². The van der Waals surface area contributed by atoms with Crippen LogP contribution in [0.1, 0.15) is 0 Å². The maximum atomic E-state index is 5.53. The minimum Gasteiger partial charge on any atom is -0.256 e. The first-order chi connectivity index (χ1) is 49.6. The molecule has 0 amide bonds. The highest BCUT2D eigenvalue weighted by Crippen LogP contribution is 2.46. The van der Waals surface area contributed by atoms with Gasteiger partial charge in [0.15, 0.2) is 0 Å². The second-order valence-electron chi connectivity index (χ2n) is 25.8. The lowest BCUT2D eigenvalue weighted by molar-refractivity contribution is 1.33. The van der Waals surface area contributed by atoms with Gasteiger partial charge >= 0.3 is 0 Å². The number of fused-ring (bicyclic) bond motifs is 13. The molecule has 4 nitrogen and oxygen atoms in total. The smallest absolute Gasteiger partial charge is 0.0794 e. The largest absolute Gasteiger partial charge is 0.256 e. The van der Waals surface area contributed by atoms with Crippen molar-refractivity contribution in [2.45, 2.75) is 0 Å². The molecule has 0 aliphatic heterocycles. The third kappa shape index (κ3) is 10.1. The third-order valence-electron chi connectivity index (χ3n) is 20.2. The van der Waals surface area contributed by atoms with Crippen molar-refractivity contribution in [1.29, 1.82) is 0 Å². The Morgan fingerprint density at radius 2 is 0.520 bits per heavy atom. The molecule has 16 aromatic carbocycles. The Balaban J connectivity index is 0.000000141. The van der Waals surface area contributed by atoms with E-state index in [4.69, 9.17) is 15.0 Å². The minimum absolute atomic E-state index is 0.962. The average molecular weight is 1270 g/mol. The molecule has 100 heavy (non-hydrogen) atoms. The van der Waals surface area contributed by atoms with Crippen LogP contribution in [0, 0.1) is 0 Å². The molecule has 0 fully saturated rings. The van der Waals surface area contributed by atoms with Crippen molar-refractivity contribution in [2.24, 2.45) is 0 Å². The van der Waals surface area contributed by atoms with Crippen molar-refractivity contribution < 1.29 is 0 Å². The normalized spacial score (nSPS) is 11.6. The number of benzene rings is 16. The summed E-state index contributed by atoms with van der Waals surface area (Å²) in [7, 11) is 0. The Bertz CT molecular complexity index is 6620. The summed E-state index contributed by atoms with van der Waals surface area (Å²) in [6.45, 7) is 0. The lowest BCUT2D eigenvalue weighted by Crippen LogP contribution is -1.94. The van der Waals surface area contributed by atoms with Gasteiger partial charge in [0.05, 0.1) is 39.3 Å². The first kappa shape index (κ1) is 58.1. The van der Waals surface area contributed by atoms with Crippen LogP contribution in [0.5, 0.6) is 0 Å². The van der Waals surface area contributed by atoms with Crippen LogP contribution in [-0.2, 0) is 0 Å². The van der Waals surface area contributed by atoms with Crippen molar-refractivity contribution in [3.8, 4) is 89.5 Å². The van der Waals surface area contributed by atoms with E-state index in [0.717, 1.165) is 111 Å². The molecule has 0 radical (unpaired) electrons. The van der Waals surface area contributed by atoms with Crippen LogP contribution in [0.3, 0.4) is 0 Å². The number of hydrogen-bond acceptors (Lipinski definition) is 4. The highest BCUT2D eigenvalue weighted by molar-refractivity contribution is 6.21. The maximum absolute atomic E-state index is 5.53. The molecule has 0 aliphatic carbocycles. The van der Waals surface area contributed by atoms with Gasteiger partial charge in [-0.2, -0.15) is 0 Å². The first-order valence-electron chi connectivity index (χ1n) is 34.2. The number of pyridine rings is 4. The molecule has 4 heteroatoms. The quantitative estimate of drug-likeness (QED) is 0.142. The molecular weight excluding hydrogens is 1210 g/mol. The molecule has 4 aromatic heterocycles. The van der Waals surface area contributed by atoms with E-state index in [0.29, 0.717) is 0 Å². The zero-order chi connectivity index (χ0) is 66.0. The van der Waals surface area contributed by atoms with Crippen LogP contribution >= 0.6 is 0 Å². The molecule has 4 heterocycles. The number of para-hydroxylation sites is 1. The van der Waals surface area contributed by atoms with Crippen molar-refractivity contribution in [1.82, 2.24) is 19.9 Å². The van der Waals surface area contributed by atoms with Gasteiger partial charge in [0, 0.05) is 60.8 Å². The van der Waals surface area contributed by atoms with Crippen molar-refractivity contribution >= 4 is 108 Å². The third-order valence-corrected chi connectivity index (χ3v) is 20.2. The molecule has 0 unspecified atom stereocenters. The Morgan fingerprint density at radius 3 is 0.980 bits per heavy atom. The number of rotatable bonds is 8. The van der Waals surface area contributed by atoms with Crippen LogP contribution < -0.4 is 0 Å². The van der Waals surface area contributed by atoms with Crippen LogP contribution in [0.2, 0.25) is 0 Å². The molecule has 0 spiro atoms. The summed E-state index contributed by atoms with van der Waals surface area (Å²) < 4.78 is 0. The summed E-state index contributed by atoms with van der Waals surface area (Å²) in [6, 6.07) is 128. The molecular formula is C96H60N4. The van der Waals surface area contributed by atoms with Crippen LogP contribution in [0.15, 0.2) is 364 Å². The Kier molecular flexibility index (Phi) is 14.2. The fourth-order valence-electron chi connectivity index (χ4n) is 15.4. The zero-order valence-corrected chi connectivity index (χ0v) is 54.4. The Hall–Kier alpha value is -13.3. The maximum Gasteiger partial charge on any atom is 0.0794 e. The van der Waals surface area contributed by atoms with Gasteiger partial charge in [0.2, 0.25) is 0 Å². The summed E-state index contributed by atoms with van der Waals surface area (Å²) in [5.41, 5.74) is 20.8. The van der Waals surface area contributed by atoms with E-state index in [9.17, 15) is 0 Å². The second-order valence-corrected chi connectivity index (χ2v) is 25.8. The molecule has 0 saturated heterocycles. The van der Waals surface area contributed by atoms with E-state index >= 15 is 0 Å². The summed E-state index contributed by atoms with van der Waals surface area (Å²) in [5, 5.41) is 20.3. The van der Waals surface area contributed by atoms with Crippen LogP contribution in [0.4, 0.5) is 0 Å². The summed E-state index contributed by atoms with van der Waals surface area (Å²) >= 11 is 0. The standard InChI is InChI=1S/C52H32N2.C44H28N2/c1-3-17-37-33(13-1)15-11-24-39(37)47-31-48-46(35-27-29-36(30-28-35)51-44-22-7-5-19-40(44)43-21-9-10-26-49(43)53-51)32-50(54-52(48)45-23-8-6-20-41(45)47)42-25-12-16-34-14-2-4-18-38(34)42;1-3-15-33-29(11-1)13-9-19-35(33)40-27-41-39(31-22-24-32(25-23-31)42-21-7-8-26-45-42)28-43(46-44(41)38-18-6-5-17-36(38)40)37-20-10-14-30-12-2-4-16-34(30)37/h1-32H;1-28H.